The molecule has 1 aliphatic heterocycles. The second kappa shape index (κ2) is 7.35. The molecule has 0 spiro atoms. The number of hydrogen-bond acceptors (Lipinski definition) is 4. The Labute approximate surface area is 166 Å². The van der Waals surface area contributed by atoms with Gasteiger partial charge >= 0.3 is 0 Å². The fraction of sp³-hybridized carbons (Fsp3) is 0.381. The Morgan fingerprint density at radius 1 is 1.17 bits per heavy atom. The first-order chi connectivity index (χ1) is 13.5. The first-order valence-corrected chi connectivity index (χ1v) is 9.13. The maximum absolute atomic E-state index is 14.5. The van der Waals surface area contributed by atoms with Crippen LogP contribution in [0.2, 0.25) is 0 Å². The van der Waals surface area contributed by atoms with Crippen LogP contribution in [-0.4, -0.2) is 46.3 Å². The van der Waals surface area contributed by atoms with Crippen LogP contribution in [0.3, 0.4) is 0 Å². The van der Waals surface area contributed by atoms with E-state index in [-0.39, 0.29) is 30.9 Å². The summed E-state index contributed by atoms with van der Waals surface area (Å²) in [6.45, 7) is 4.59. The average molecular weight is 408 g/mol. The monoisotopic (exact) mass is 408 g/mol. The summed E-state index contributed by atoms with van der Waals surface area (Å²) in [7, 11) is 0. The third kappa shape index (κ3) is 3.70. The van der Waals surface area contributed by atoms with Crippen LogP contribution >= 0.6 is 0 Å². The first kappa shape index (κ1) is 21.1. The standard InChI is InChI=1S/C21H23F3N2O3/c1-12-4-7-16(15(23)8-12)25-18-13(5-6-14(22)17(18)24)19(28)26-9-21(29,10-26)20(2,3)11-27/h4-8,25,27,29H,9-11H2,1-3H3. The number of halogens is 3. The molecular formula is C21H23F3N2O3. The van der Waals surface area contributed by atoms with E-state index in [9.17, 15) is 28.2 Å². The molecule has 2 aromatic carbocycles. The van der Waals surface area contributed by atoms with E-state index in [1.54, 1.807) is 26.8 Å². The Kier molecular flexibility index (Phi) is 5.36. The molecular weight excluding hydrogens is 385 g/mol. The number of likely N-dealkylation sites (tertiary alicyclic amines) is 1. The third-order valence-corrected chi connectivity index (χ3v) is 5.56. The van der Waals surface area contributed by atoms with Gasteiger partial charge in [0.05, 0.1) is 36.6 Å². The van der Waals surface area contributed by atoms with Crippen molar-refractivity contribution in [2.24, 2.45) is 5.41 Å². The molecule has 0 aliphatic carbocycles. The molecule has 0 atom stereocenters. The molecule has 0 unspecified atom stereocenters. The summed E-state index contributed by atoms with van der Waals surface area (Å²) in [5.41, 5.74) is -2.26. The second-order valence-corrected chi connectivity index (χ2v) is 8.13. The van der Waals surface area contributed by atoms with E-state index in [4.69, 9.17) is 0 Å². The Morgan fingerprint density at radius 2 is 1.83 bits per heavy atom. The number of β-amino-alcohol motifs (C(OH)–C–C–N with tert-alkyl or cyclic N) is 1. The molecule has 0 radical (unpaired) electrons. The maximum atomic E-state index is 14.5. The Hall–Kier alpha value is -2.58. The Morgan fingerprint density at radius 3 is 2.41 bits per heavy atom. The quantitative estimate of drug-likeness (QED) is 0.710. The van der Waals surface area contributed by atoms with E-state index < -0.39 is 40.1 Å². The van der Waals surface area contributed by atoms with Crippen LogP contribution in [-0.2, 0) is 0 Å². The predicted octanol–water partition coefficient (Wildman–Crippen LogP) is 3.36. The summed E-state index contributed by atoms with van der Waals surface area (Å²) in [5.74, 6) is -3.80. The first-order valence-electron chi connectivity index (χ1n) is 9.13. The van der Waals surface area contributed by atoms with Crippen molar-refractivity contribution in [2.45, 2.75) is 26.4 Å². The van der Waals surface area contributed by atoms with Gasteiger partial charge in [-0.1, -0.05) is 19.9 Å². The number of carbonyl (C=O) groups is 1. The summed E-state index contributed by atoms with van der Waals surface area (Å²) in [6.07, 6.45) is 0. The van der Waals surface area contributed by atoms with Crippen LogP contribution in [0.4, 0.5) is 24.5 Å². The molecule has 29 heavy (non-hydrogen) atoms. The van der Waals surface area contributed by atoms with Crippen LogP contribution in [0.25, 0.3) is 0 Å². The van der Waals surface area contributed by atoms with Gasteiger partial charge in [0.2, 0.25) is 0 Å². The number of nitrogens with one attached hydrogen (secondary N) is 1. The number of nitrogens with zero attached hydrogens (tertiary/aromatic N) is 1. The molecule has 156 valence electrons. The zero-order valence-electron chi connectivity index (χ0n) is 16.4. The van der Waals surface area contributed by atoms with Gasteiger partial charge in [0.25, 0.3) is 5.91 Å². The molecule has 0 aromatic heterocycles. The molecule has 1 heterocycles. The van der Waals surface area contributed by atoms with E-state index >= 15 is 0 Å². The van der Waals surface area contributed by atoms with Gasteiger partial charge in [-0.15, -0.1) is 0 Å². The van der Waals surface area contributed by atoms with Crippen molar-refractivity contribution in [1.29, 1.82) is 0 Å². The highest BCUT2D eigenvalue weighted by Gasteiger charge is 2.53. The summed E-state index contributed by atoms with van der Waals surface area (Å²) < 4.78 is 42.5. The van der Waals surface area contributed by atoms with Crippen molar-refractivity contribution in [2.75, 3.05) is 25.0 Å². The lowest BCUT2D eigenvalue weighted by Crippen LogP contribution is -2.70. The van der Waals surface area contributed by atoms with Crippen LogP contribution in [0.1, 0.15) is 29.8 Å². The summed E-state index contributed by atoms with van der Waals surface area (Å²) in [6, 6.07) is 6.13. The molecule has 5 nitrogen and oxygen atoms in total. The van der Waals surface area contributed by atoms with Crippen molar-refractivity contribution in [3.63, 3.8) is 0 Å². The van der Waals surface area contributed by atoms with E-state index in [1.165, 1.54) is 17.0 Å². The van der Waals surface area contributed by atoms with Gasteiger partial charge in [0, 0.05) is 5.41 Å². The lowest BCUT2D eigenvalue weighted by atomic mass is 9.70. The van der Waals surface area contributed by atoms with Gasteiger partial charge in [-0.05, 0) is 36.8 Å². The normalized spacial score (nSPS) is 15.8. The van der Waals surface area contributed by atoms with Gasteiger partial charge in [0.15, 0.2) is 11.6 Å². The van der Waals surface area contributed by atoms with E-state index in [1.807, 2.05) is 0 Å². The molecule has 3 N–H and O–H groups in total. The highest BCUT2D eigenvalue weighted by molar-refractivity contribution is 6.01. The third-order valence-electron chi connectivity index (χ3n) is 5.56. The minimum Gasteiger partial charge on any atom is -0.396 e. The predicted molar refractivity (Wildman–Crippen MR) is 102 cm³/mol. The number of aryl methyl sites for hydroxylation is 1. The smallest absolute Gasteiger partial charge is 0.256 e. The largest absolute Gasteiger partial charge is 0.396 e. The highest BCUT2D eigenvalue weighted by atomic mass is 19.2. The van der Waals surface area contributed by atoms with Crippen molar-refractivity contribution in [1.82, 2.24) is 4.90 Å². The van der Waals surface area contributed by atoms with E-state index in [0.29, 0.717) is 5.56 Å². The van der Waals surface area contributed by atoms with Gasteiger partial charge in [-0.2, -0.15) is 0 Å². The average Bonchev–Trinajstić information content (AvgIpc) is 2.64. The lowest BCUT2D eigenvalue weighted by molar-refractivity contribution is -0.166. The highest BCUT2D eigenvalue weighted by Crippen LogP contribution is 2.39. The van der Waals surface area contributed by atoms with Crippen molar-refractivity contribution in [3.8, 4) is 0 Å². The molecule has 1 saturated heterocycles. The molecule has 0 bridgehead atoms. The lowest BCUT2D eigenvalue weighted by Gasteiger charge is -2.54. The SMILES string of the molecule is Cc1ccc(Nc2c(C(=O)N3CC(O)(C(C)(C)CO)C3)ccc(F)c2F)c(F)c1. The summed E-state index contributed by atoms with van der Waals surface area (Å²) in [4.78, 5) is 14.1. The van der Waals surface area contributed by atoms with E-state index in [2.05, 4.69) is 5.32 Å². The van der Waals surface area contributed by atoms with Crippen LogP contribution < -0.4 is 5.32 Å². The van der Waals surface area contributed by atoms with Crippen molar-refractivity contribution in [3.05, 3.63) is 58.9 Å². The van der Waals surface area contributed by atoms with Crippen LogP contribution in [0, 0.1) is 29.8 Å². The van der Waals surface area contributed by atoms with Crippen molar-refractivity contribution >= 4 is 17.3 Å². The molecule has 1 fully saturated rings. The number of hydrogen-bond donors (Lipinski definition) is 3. The van der Waals surface area contributed by atoms with E-state index in [0.717, 1.165) is 12.1 Å². The molecule has 2 aromatic rings. The minimum atomic E-state index is -1.30. The Balaban J connectivity index is 1.91. The topological polar surface area (TPSA) is 72.8 Å². The number of benzene rings is 2. The molecule has 1 aliphatic rings. The fourth-order valence-corrected chi connectivity index (χ4v) is 3.18. The minimum absolute atomic E-state index is 0.0727. The number of carbonyl (C=O) groups excluding carboxylic acids is 1. The number of anilines is 2. The number of aliphatic hydroxyl groups is 2. The Bertz CT molecular complexity index is 956. The van der Waals surface area contributed by atoms with Gasteiger partial charge in [-0.3, -0.25) is 4.79 Å². The van der Waals surface area contributed by atoms with Crippen LogP contribution in [0.5, 0.6) is 0 Å². The number of aliphatic hydroxyl groups excluding tert-OH is 1. The zero-order chi connectivity index (χ0) is 21.6. The van der Waals surface area contributed by atoms with Crippen molar-refractivity contribution < 1.29 is 28.2 Å². The van der Waals surface area contributed by atoms with Gasteiger partial charge in [0.1, 0.15) is 11.4 Å². The van der Waals surface area contributed by atoms with Gasteiger partial charge in [-0.25, -0.2) is 13.2 Å². The van der Waals surface area contributed by atoms with Crippen LogP contribution in [0.15, 0.2) is 30.3 Å². The molecule has 3 rings (SSSR count). The van der Waals surface area contributed by atoms with Gasteiger partial charge < -0.3 is 20.4 Å². The fourth-order valence-electron chi connectivity index (χ4n) is 3.18. The maximum Gasteiger partial charge on any atom is 0.256 e. The number of rotatable bonds is 5. The molecule has 0 saturated carbocycles. The second-order valence-electron chi connectivity index (χ2n) is 8.13. The zero-order valence-corrected chi connectivity index (χ0v) is 16.4. The molecule has 8 heteroatoms. The summed E-state index contributed by atoms with van der Waals surface area (Å²) >= 11 is 0. The number of amides is 1. The molecule has 1 amide bonds. The summed E-state index contributed by atoms with van der Waals surface area (Å²) in [5, 5.41) is 22.6.